The molecule has 2 aromatic rings. The van der Waals surface area contributed by atoms with Gasteiger partial charge in [-0.15, -0.1) is 6.58 Å². The van der Waals surface area contributed by atoms with Gasteiger partial charge in [-0.25, -0.2) is 16.8 Å². The summed E-state index contributed by atoms with van der Waals surface area (Å²) in [4.78, 5) is -0.0854. The lowest BCUT2D eigenvalue weighted by atomic mass is 9.76. The minimum Gasteiger partial charge on any atom is -0.390 e. The van der Waals surface area contributed by atoms with Crippen LogP contribution in [0.2, 0.25) is 0 Å². The van der Waals surface area contributed by atoms with Crippen LogP contribution in [0.1, 0.15) is 26.2 Å². The minimum absolute atomic E-state index is 0.0296. The highest BCUT2D eigenvalue weighted by molar-refractivity contribution is 8.10. The maximum atomic E-state index is 13.7. The van der Waals surface area contributed by atoms with E-state index in [-0.39, 0.29) is 29.1 Å². The van der Waals surface area contributed by atoms with Crippen molar-refractivity contribution < 1.29 is 21.9 Å². The van der Waals surface area contributed by atoms with Crippen molar-refractivity contribution in [2.45, 2.75) is 45.7 Å². The Bertz CT molecular complexity index is 987. The van der Waals surface area contributed by atoms with Gasteiger partial charge in [-0.3, -0.25) is 0 Å². The molecular formula is C21H24O5S2. The van der Waals surface area contributed by atoms with E-state index in [1.54, 1.807) is 43.3 Å². The molecule has 2 aromatic carbocycles. The zero-order chi connectivity index (χ0) is 20.6. The van der Waals surface area contributed by atoms with Gasteiger partial charge in [-0.1, -0.05) is 42.5 Å². The van der Waals surface area contributed by atoms with Crippen LogP contribution in [0.4, 0.5) is 0 Å². The molecule has 2 atom stereocenters. The molecule has 0 amide bonds. The molecule has 0 saturated heterocycles. The molecule has 0 bridgehead atoms. The van der Waals surface area contributed by atoms with E-state index in [4.69, 9.17) is 0 Å². The van der Waals surface area contributed by atoms with Gasteiger partial charge in [0.25, 0.3) is 0 Å². The van der Waals surface area contributed by atoms with Gasteiger partial charge in [0.2, 0.25) is 0 Å². The van der Waals surface area contributed by atoms with Gasteiger partial charge in [0.05, 0.1) is 15.4 Å². The Morgan fingerprint density at radius 1 is 0.893 bits per heavy atom. The maximum absolute atomic E-state index is 13.7. The van der Waals surface area contributed by atoms with Gasteiger partial charge in [0.15, 0.2) is 23.8 Å². The number of aliphatic hydroxyl groups is 1. The summed E-state index contributed by atoms with van der Waals surface area (Å²) in [6.07, 6.45) is 1.04. The summed E-state index contributed by atoms with van der Waals surface area (Å²) in [6, 6.07) is 15.3. The second-order valence-corrected chi connectivity index (χ2v) is 12.2. The van der Waals surface area contributed by atoms with Crippen molar-refractivity contribution in [3.63, 3.8) is 0 Å². The van der Waals surface area contributed by atoms with E-state index in [2.05, 4.69) is 6.58 Å². The van der Waals surface area contributed by atoms with Gasteiger partial charge in [-0.2, -0.15) is 0 Å². The fourth-order valence-corrected chi connectivity index (χ4v) is 9.05. The zero-order valence-corrected chi connectivity index (χ0v) is 17.3. The third kappa shape index (κ3) is 3.11. The van der Waals surface area contributed by atoms with Gasteiger partial charge < -0.3 is 5.11 Å². The van der Waals surface area contributed by atoms with Crippen molar-refractivity contribution in [1.82, 2.24) is 0 Å². The van der Waals surface area contributed by atoms with E-state index in [1.807, 2.05) is 0 Å². The molecule has 0 radical (unpaired) electrons. The summed E-state index contributed by atoms with van der Waals surface area (Å²) in [5, 5.41) is 10.7. The quantitative estimate of drug-likeness (QED) is 0.749. The lowest BCUT2D eigenvalue weighted by molar-refractivity contribution is -0.0146. The van der Waals surface area contributed by atoms with Gasteiger partial charge in [0.1, 0.15) is 0 Å². The highest BCUT2D eigenvalue weighted by Crippen LogP contribution is 2.50. The molecule has 0 heterocycles. The number of hydrogen-bond donors (Lipinski definition) is 1. The molecule has 0 unspecified atom stereocenters. The molecule has 3 rings (SSSR count). The maximum Gasteiger partial charge on any atom is 0.198 e. The second-order valence-electron chi connectivity index (χ2n) is 7.45. The van der Waals surface area contributed by atoms with Crippen molar-refractivity contribution in [3.8, 4) is 0 Å². The van der Waals surface area contributed by atoms with Crippen molar-refractivity contribution in [2.24, 2.45) is 5.92 Å². The molecule has 1 aliphatic rings. The summed E-state index contributed by atoms with van der Waals surface area (Å²) < 4.78 is 52.7. The molecule has 1 aliphatic carbocycles. The Kier molecular flexibility index (Phi) is 5.29. The average Bonchev–Trinajstić information content (AvgIpc) is 2.69. The van der Waals surface area contributed by atoms with Crippen LogP contribution in [0.3, 0.4) is 0 Å². The monoisotopic (exact) mass is 420 g/mol. The molecule has 1 N–H and O–H groups in total. The van der Waals surface area contributed by atoms with Crippen molar-refractivity contribution in [2.75, 3.05) is 0 Å². The Labute approximate surface area is 166 Å². The molecule has 0 aliphatic heterocycles. The van der Waals surface area contributed by atoms with Crippen LogP contribution in [0.15, 0.2) is 83.1 Å². The molecule has 0 spiro atoms. The highest BCUT2D eigenvalue weighted by atomic mass is 32.3. The van der Waals surface area contributed by atoms with Crippen LogP contribution in [0.5, 0.6) is 0 Å². The number of benzene rings is 2. The van der Waals surface area contributed by atoms with Gasteiger partial charge in [0, 0.05) is 5.92 Å². The first-order valence-corrected chi connectivity index (χ1v) is 12.0. The second kappa shape index (κ2) is 7.13. The normalized spacial score (nSPS) is 25.1. The molecule has 28 heavy (non-hydrogen) atoms. The average molecular weight is 421 g/mol. The molecular weight excluding hydrogens is 396 g/mol. The summed E-state index contributed by atoms with van der Waals surface area (Å²) in [5.41, 5.74) is -1.22. The lowest BCUT2D eigenvalue weighted by Crippen LogP contribution is -2.55. The number of rotatable bonds is 5. The number of hydrogen-bond acceptors (Lipinski definition) is 5. The van der Waals surface area contributed by atoms with Crippen molar-refractivity contribution >= 4 is 19.7 Å². The smallest absolute Gasteiger partial charge is 0.198 e. The molecule has 0 aromatic heterocycles. The van der Waals surface area contributed by atoms with Crippen LogP contribution < -0.4 is 0 Å². The van der Waals surface area contributed by atoms with Crippen molar-refractivity contribution in [1.29, 1.82) is 0 Å². The van der Waals surface area contributed by atoms with Crippen LogP contribution in [0.25, 0.3) is 0 Å². The Hall–Kier alpha value is -1.96. The van der Waals surface area contributed by atoms with E-state index in [0.717, 1.165) is 0 Å². The highest BCUT2D eigenvalue weighted by Gasteiger charge is 2.60. The summed E-state index contributed by atoms with van der Waals surface area (Å²) in [7, 11) is -8.54. The standard InChI is InChI=1S/C21H24O5S2/c1-3-17-16-21(15-14-20(17,2)22,27(23,24)18-10-6-4-7-11-18)28(25,26)19-12-8-5-9-13-19/h3-13,17,22H,1,14-16H2,2H3/t17-,20+/m0/s1. The lowest BCUT2D eigenvalue weighted by Gasteiger charge is -2.45. The van der Waals surface area contributed by atoms with Gasteiger partial charge >= 0.3 is 0 Å². The topological polar surface area (TPSA) is 88.5 Å². The third-order valence-electron chi connectivity index (χ3n) is 5.71. The van der Waals surface area contributed by atoms with Crippen LogP contribution in [-0.4, -0.2) is 31.6 Å². The number of sulfone groups is 2. The summed E-state index contributed by atoms with van der Waals surface area (Å²) in [5.74, 6) is -0.682. The molecule has 150 valence electrons. The first-order valence-electron chi connectivity index (χ1n) is 9.03. The predicted octanol–water partition coefficient (Wildman–Crippen LogP) is 3.37. The molecule has 5 nitrogen and oxygen atoms in total. The SMILES string of the molecule is C=C[C@H]1CC(S(=O)(=O)c2ccccc2)(S(=O)(=O)c2ccccc2)CC[C@@]1(C)O. The van der Waals surface area contributed by atoms with Crippen LogP contribution in [-0.2, 0) is 19.7 Å². The largest absolute Gasteiger partial charge is 0.390 e. The predicted molar refractivity (Wildman–Crippen MR) is 108 cm³/mol. The fraction of sp³-hybridized carbons (Fsp3) is 0.333. The Balaban J connectivity index is 2.29. The van der Waals surface area contributed by atoms with E-state index in [1.165, 1.54) is 30.3 Å². The Morgan fingerprint density at radius 2 is 1.32 bits per heavy atom. The summed E-state index contributed by atoms with van der Waals surface area (Å²) >= 11 is 0. The van der Waals surface area contributed by atoms with Crippen molar-refractivity contribution in [3.05, 3.63) is 73.3 Å². The molecule has 1 fully saturated rings. The summed E-state index contributed by atoms with van der Waals surface area (Å²) in [6.45, 7) is 5.30. The zero-order valence-electron chi connectivity index (χ0n) is 15.7. The van der Waals surface area contributed by atoms with Crippen LogP contribution >= 0.6 is 0 Å². The van der Waals surface area contributed by atoms with Crippen LogP contribution in [0, 0.1) is 5.92 Å². The van der Waals surface area contributed by atoms with E-state index in [9.17, 15) is 21.9 Å². The fourth-order valence-electron chi connectivity index (χ4n) is 3.88. The first kappa shape index (κ1) is 20.8. The van der Waals surface area contributed by atoms with E-state index >= 15 is 0 Å². The Morgan fingerprint density at radius 3 is 1.71 bits per heavy atom. The third-order valence-corrected chi connectivity index (χ3v) is 11.5. The van der Waals surface area contributed by atoms with Gasteiger partial charge in [-0.05, 0) is 50.5 Å². The van der Waals surface area contributed by atoms with E-state index in [0.29, 0.717) is 0 Å². The minimum atomic E-state index is -4.27. The van der Waals surface area contributed by atoms with E-state index < -0.39 is 35.3 Å². The molecule has 7 heteroatoms. The first-order chi connectivity index (χ1) is 13.1. The molecule has 1 saturated carbocycles.